The van der Waals surface area contributed by atoms with Gasteiger partial charge in [-0.25, -0.2) is 0 Å². The lowest BCUT2D eigenvalue weighted by atomic mass is 10.1. The predicted octanol–water partition coefficient (Wildman–Crippen LogP) is 2.21. The zero-order chi connectivity index (χ0) is 14.7. The number of benzene rings is 1. The molecule has 1 atom stereocenters. The number of likely N-dealkylation sites (tertiary alicyclic amines) is 1. The SMILES string of the molecule is O=C(N[C@@H]1CCN(C(=O)c2ccccc2)C1)C1CCCC1. The van der Waals surface area contributed by atoms with Gasteiger partial charge in [0.15, 0.2) is 0 Å². The molecule has 0 unspecified atom stereocenters. The lowest BCUT2D eigenvalue weighted by molar-refractivity contribution is -0.125. The number of nitrogens with one attached hydrogen (secondary N) is 1. The third kappa shape index (κ3) is 3.26. The number of nitrogens with zero attached hydrogens (tertiary/aromatic N) is 1. The molecule has 0 spiro atoms. The molecule has 1 saturated carbocycles. The van der Waals surface area contributed by atoms with E-state index < -0.39 is 0 Å². The Morgan fingerprint density at radius 2 is 1.76 bits per heavy atom. The van der Waals surface area contributed by atoms with E-state index in [0.717, 1.165) is 31.4 Å². The molecule has 4 nitrogen and oxygen atoms in total. The Labute approximate surface area is 125 Å². The smallest absolute Gasteiger partial charge is 0.253 e. The summed E-state index contributed by atoms with van der Waals surface area (Å²) in [5.41, 5.74) is 0.722. The molecule has 1 aromatic carbocycles. The highest BCUT2D eigenvalue weighted by molar-refractivity contribution is 5.94. The fourth-order valence-electron chi connectivity index (χ4n) is 3.33. The Kier molecular flexibility index (Phi) is 4.23. The third-order valence-electron chi connectivity index (χ3n) is 4.57. The van der Waals surface area contributed by atoms with Gasteiger partial charge in [-0.1, -0.05) is 31.0 Å². The summed E-state index contributed by atoms with van der Waals surface area (Å²) in [5, 5.41) is 3.12. The molecule has 0 aromatic heterocycles. The summed E-state index contributed by atoms with van der Waals surface area (Å²) in [6, 6.07) is 9.46. The van der Waals surface area contributed by atoms with Crippen LogP contribution in [0.4, 0.5) is 0 Å². The van der Waals surface area contributed by atoms with E-state index in [0.29, 0.717) is 6.54 Å². The highest BCUT2D eigenvalue weighted by atomic mass is 16.2. The van der Waals surface area contributed by atoms with Crippen molar-refractivity contribution in [2.45, 2.75) is 38.1 Å². The van der Waals surface area contributed by atoms with Gasteiger partial charge in [-0.15, -0.1) is 0 Å². The molecule has 1 heterocycles. The molecule has 3 rings (SSSR count). The highest BCUT2D eigenvalue weighted by Gasteiger charge is 2.30. The van der Waals surface area contributed by atoms with Gasteiger partial charge in [0.2, 0.25) is 5.91 Å². The van der Waals surface area contributed by atoms with Gasteiger partial charge >= 0.3 is 0 Å². The molecule has 21 heavy (non-hydrogen) atoms. The third-order valence-corrected chi connectivity index (χ3v) is 4.57. The van der Waals surface area contributed by atoms with Crippen LogP contribution in [-0.2, 0) is 4.79 Å². The van der Waals surface area contributed by atoms with Crippen LogP contribution in [-0.4, -0.2) is 35.8 Å². The minimum absolute atomic E-state index is 0.0632. The molecule has 2 aliphatic rings. The van der Waals surface area contributed by atoms with Gasteiger partial charge in [-0.2, -0.15) is 0 Å². The number of hydrogen-bond donors (Lipinski definition) is 1. The summed E-state index contributed by atoms with van der Waals surface area (Å²) >= 11 is 0. The van der Waals surface area contributed by atoms with E-state index in [4.69, 9.17) is 0 Å². The zero-order valence-electron chi connectivity index (χ0n) is 12.3. The quantitative estimate of drug-likeness (QED) is 0.926. The number of amides is 2. The molecule has 112 valence electrons. The molecule has 1 aliphatic heterocycles. The minimum atomic E-state index is 0.0632. The second-order valence-electron chi connectivity index (χ2n) is 6.09. The lowest BCUT2D eigenvalue weighted by Crippen LogP contribution is -2.40. The van der Waals surface area contributed by atoms with E-state index in [1.165, 1.54) is 12.8 Å². The molecule has 1 aromatic rings. The predicted molar refractivity (Wildman–Crippen MR) is 80.9 cm³/mol. The van der Waals surface area contributed by atoms with E-state index in [2.05, 4.69) is 5.32 Å². The first-order valence-electron chi connectivity index (χ1n) is 7.89. The maximum Gasteiger partial charge on any atom is 0.253 e. The van der Waals surface area contributed by atoms with Gasteiger partial charge in [0.1, 0.15) is 0 Å². The Balaban J connectivity index is 1.53. The van der Waals surface area contributed by atoms with Crippen LogP contribution in [0.15, 0.2) is 30.3 Å². The largest absolute Gasteiger partial charge is 0.351 e. The first-order chi connectivity index (χ1) is 10.2. The van der Waals surface area contributed by atoms with E-state index >= 15 is 0 Å². The van der Waals surface area contributed by atoms with Crippen molar-refractivity contribution in [1.82, 2.24) is 10.2 Å². The van der Waals surface area contributed by atoms with Gasteiger partial charge in [0, 0.05) is 30.6 Å². The van der Waals surface area contributed by atoms with Crippen molar-refractivity contribution in [2.24, 2.45) is 5.92 Å². The Bertz CT molecular complexity index is 509. The van der Waals surface area contributed by atoms with Crippen molar-refractivity contribution < 1.29 is 9.59 Å². The summed E-state index contributed by atoms with van der Waals surface area (Å²) in [6.07, 6.45) is 5.23. The molecule has 2 amide bonds. The highest BCUT2D eigenvalue weighted by Crippen LogP contribution is 2.25. The fraction of sp³-hybridized carbons (Fsp3) is 0.529. The number of hydrogen-bond acceptors (Lipinski definition) is 2. The first kappa shape index (κ1) is 14.1. The van der Waals surface area contributed by atoms with Crippen molar-refractivity contribution in [2.75, 3.05) is 13.1 Å². The molecule has 0 bridgehead atoms. The van der Waals surface area contributed by atoms with Crippen molar-refractivity contribution in [3.05, 3.63) is 35.9 Å². The Morgan fingerprint density at radius 1 is 1.05 bits per heavy atom. The van der Waals surface area contributed by atoms with Gasteiger partial charge in [0.05, 0.1) is 0 Å². The van der Waals surface area contributed by atoms with Crippen LogP contribution in [0, 0.1) is 5.92 Å². The molecule has 1 saturated heterocycles. The van der Waals surface area contributed by atoms with Crippen molar-refractivity contribution >= 4 is 11.8 Å². The average molecular weight is 286 g/mol. The standard InChI is InChI=1S/C17H22N2O2/c20-16(13-6-4-5-7-13)18-15-10-11-19(12-15)17(21)14-8-2-1-3-9-14/h1-3,8-9,13,15H,4-7,10-12H2,(H,18,20)/t15-/m1/s1. The average Bonchev–Trinajstić information content (AvgIpc) is 3.19. The zero-order valence-corrected chi connectivity index (χ0v) is 12.3. The molecular formula is C17H22N2O2. The summed E-state index contributed by atoms with van der Waals surface area (Å²) in [6.45, 7) is 1.36. The second-order valence-corrected chi connectivity index (χ2v) is 6.09. The van der Waals surface area contributed by atoms with Crippen LogP contribution in [0.5, 0.6) is 0 Å². The van der Waals surface area contributed by atoms with Gasteiger partial charge in [0.25, 0.3) is 5.91 Å². The first-order valence-corrected chi connectivity index (χ1v) is 7.89. The van der Waals surface area contributed by atoms with Crippen LogP contribution in [0.2, 0.25) is 0 Å². The number of rotatable bonds is 3. The Morgan fingerprint density at radius 3 is 2.48 bits per heavy atom. The summed E-state index contributed by atoms with van der Waals surface area (Å²) in [7, 11) is 0. The molecular weight excluding hydrogens is 264 g/mol. The van der Waals surface area contributed by atoms with Crippen LogP contribution in [0.3, 0.4) is 0 Å². The van der Waals surface area contributed by atoms with Crippen LogP contribution < -0.4 is 5.32 Å². The van der Waals surface area contributed by atoms with Crippen LogP contribution >= 0.6 is 0 Å². The van der Waals surface area contributed by atoms with Crippen LogP contribution in [0.1, 0.15) is 42.5 Å². The van der Waals surface area contributed by atoms with Crippen LogP contribution in [0.25, 0.3) is 0 Å². The summed E-state index contributed by atoms with van der Waals surface area (Å²) in [5.74, 6) is 0.448. The van der Waals surface area contributed by atoms with E-state index in [9.17, 15) is 9.59 Å². The Hall–Kier alpha value is -1.84. The monoisotopic (exact) mass is 286 g/mol. The summed E-state index contributed by atoms with van der Waals surface area (Å²) < 4.78 is 0. The van der Waals surface area contributed by atoms with E-state index in [-0.39, 0.29) is 23.8 Å². The maximum atomic E-state index is 12.3. The van der Waals surface area contributed by atoms with E-state index in [1.54, 1.807) is 0 Å². The number of carbonyl (C=O) groups is 2. The minimum Gasteiger partial charge on any atom is -0.351 e. The molecule has 4 heteroatoms. The summed E-state index contributed by atoms with van der Waals surface area (Å²) in [4.78, 5) is 26.3. The van der Waals surface area contributed by atoms with E-state index in [1.807, 2.05) is 35.2 Å². The topological polar surface area (TPSA) is 49.4 Å². The van der Waals surface area contributed by atoms with Crippen molar-refractivity contribution in [3.63, 3.8) is 0 Å². The molecule has 0 radical (unpaired) electrons. The second kappa shape index (κ2) is 6.29. The van der Waals surface area contributed by atoms with Gasteiger partial charge in [-0.05, 0) is 31.4 Å². The van der Waals surface area contributed by atoms with Gasteiger partial charge < -0.3 is 10.2 Å². The molecule has 2 fully saturated rings. The van der Waals surface area contributed by atoms with Gasteiger partial charge in [-0.3, -0.25) is 9.59 Å². The lowest BCUT2D eigenvalue weighted by Gasteiger charge is -2.18. The fourth-order valence-corrected chi connectivity index (χ4v) is 3.33. The maximum absolute atomic E-state index is 12.3. The molecule has 1 aliphatic carbocycles. The van der Waals surface area contributed by atoms with Crippen molar-refractivity contribution in [3.8, 4) is 0 Å². The number of carbonyl (C=O) groups excluding carboxylic acids is 2. The van der Waals surface area contributed by atoms with Crippen molar-refractivity contribution in [1.29, 1.82) is 0 Å². The normalized spacial score (nSPS) is 22.5. The molecule has 1 N–H and O–H groups in total.